The third-order valence-corrected chi connectivity index (χ3v) is 4.54. The highest BCUT2D eigenvalue weighted by Gasteiger charge is 2.31. The lowest BCUT2D eigenvalue weighted by Gasteiger charge is -2.29. The molecular formula is C21H18BNO2. The number of carbonyl (C=O) groups excluding carboxylic acids is 1. The number of rotatable bonds is 3. The van der Waals surface area contributed by atoms with Gasteiger partial charge in [-0.15, -0.1) is 0 Å². The highest BCUT2D eigenvalue weighted by molar-refractivity contribution is 6.89. The van der Waals surface area contributed by atoms with Gasteiger partial charge in [0.05, 0.1) is 12.2 Å². The molecule has 0 bridgehead atoms. The predicted octanol–water partition coefficient (Wildman–Crippen LogP) is 3.06. The molecule has 0 unspecified atom stereocenters. The Kier molecular flexibility index (Phi) is 4.02. The number of benzene rings is 3. The molecule has 0 fully saturated rings. The van der Waals surface area contributed by atoms with Crippen molar-refractivity contribution in [1.29, 1.82) is 0 Å². The topological polar surface area (TPSA) is 38.3 Å². The van der Waals surface area contributed by atoms with Gasteiger partial charge in [-0.2, -0.15) is 0 Å². The van der Waals surface area contributed by atoms with Crippen LogP contribution in [0.25, 0.3) is 11.1 Å². The summed E-state index contributed by atoms with van der Waals surface area (Å²) in [5.74, 6) is -0.293. The summed E-state index contributed by atoms with van der Waals surface area (Å²) in [5.41, 5.74) is 5.98. The van der Waals surface area contributed by atoms with Crippen molar-refractivity contribution in [2.45, 2.75) is 6.92 Å². The van der Waals surface area contributed by atoms with Gasteiger partial charge >= 0.3 is 12.8 Å². The predicted molar refractivity (Wildman–Crippen MR) is 103 cm³/mol. The Balaban J connectivity index is 1.90. The summed E-state index contributed by atoms with van der Waals surface area (Å²) in [5, 5.41) is 3.58. The largest absolute Gasteiger partial charge is 0.462 e. The molecule has 3 aromatic carbocycles. The first-order valence-corrected chi connectivity index (χ1v) is 8.50. The second-order valence-electron chi connectivity index (χ2n) is 6.02. The van der Waals surface area contributed by atoms with Crippen LogP contribution in [0.5, 0.6) is 0 Å². The van der Waals surface area contributed by atoms with E-state index in [1.54, 1.807) is 0 Å². The molecule has 0 saturated carbocycles. The minimum Gasteiger partial charge on any atom is -0.462 e. The Morgan fingerprint density at radius 3 is 2.44 bits per heavy atom. The molecule has 1 N–H and O–H groups in total. The zero-order valence-corrected chi connectivity index (χ0v) is 14.0. The normalized spacial score (nSPS) is 12.0. The summed E-state index contributed by atoms with van der Waals surface area (Å²) in [6.07, 6.45) is 0. The first kappa shape index (κ1) is 15.5. The van der Waals surface area contributed by atoms with Gasteiger partial charge in [-0.3, -0.25) is 0 Å². The molecule has 4 rings (SSSR count). The van der Waals surface area contributed by atoms with E-state index in [2.05, 4.69) is 35.6 Å². The molecular weight excluding hydrogens is 309 g/mol. The third kappa shape index (κ3) is 2.70. The van der Waals surface area contributed by atoms with Gasteiger partial charge in [-0.05, 0) is 24.0 Å². The minimum atomic E-state index is -0.293. The maximum atomic E-state index is 12.4. The third-order valence-electron chi connectivity index (χ3n) is 4.54. The van der Waals surface area contributed by atoms with Gasteiger partial charge in [0.1, 0.15) is 0 Å². The molecule has 0 aromatic heterocycles. The maximum absolute atomic E-state index is 12.4. The monoisotopic (exact) mass is 327 g/mol. The van der Waals surface area contributed by atoms with E-state index in [1.807, 2.05) is 49.4 Å². The molecule has 3 nitrogen and oxygen atoms in total. The van der Waals surface area contributed by atoms with Gasteiger partial charge in [0.15, 0.2) is 0 Å². The second-order valence-corrected chi connectivity index (χ2v) is 6.02. The molecule has 0 saturated heterocycles. The lowest BCUT2D eigenvalue weighted by molar-refractivity contribution is 0.0527. The van der Waals surface area contributed by atoms with Crippen molar-refractivity contribution >= 4 is 29.4 Å². The van der Waals surface area contributed by atoms with Crippen molar-refractivity contribution in [1.82, 2.24) is 0 Å². The van der Waals surface area contributed by atoms with Crippen LogP contribution in [0.1, 0.15) is 17.3 Å². The fourth-order valence-corrected chi connectivity index (χ4v) is 3.44. The molecule has 25 heavy (non-hydrogen) atoms. The van der Waals surface area contributed by atoms with Gasteiger partial charge < -0.3 is 9.96 Å². The number of para-hydroxylation sites is 1. The number of hydrogen-bond acceptors (Lipinski definition) is 3. The van der Waals surface area contributed by atoms with E-state index in [4.69, 9.17) is 4.74 Å². The standard InChI is InChI=1S/C21H18BNO2/c1-2-25-21(24)18-13-8-12-17-16-11-6-7-14-19(16)22(23-20(17)18)15-9-4-3-5-10-15/h3-14,23H,2H2,1H3. The molecule has 0 amide bonds. The van der Waals surface area contributed by atoms with E-state index in [9.17, 15) is 4.79 Å². The molecule has 1 aliphatic rings. The van der Waals surface area contributed by atoms with E-state index in [1.165, 1.54) is 10.9 Å². The first-order chi connectivity index (χ1) is 12.3. The Labute approximate surface area is 147 Å². The number of carbonyl (C=O) groups is 1. The van der Waals surface area contributed by atoms with Gasteiger partial charge in [-0.1, -0.05) is 72.2 Å². The SMILES string of the molecule is CCOC(=O)c1cccc2c1NB(c1ccccc1)c1ccccc1-2. The van der Waals surface area contributed by atoms with Crippen molar-refractivity contribution < 1.29 is 9.53 Å². The Morgan fingerprint density at radius 1 is 0.920 bits per heavy atom. The van der Waals surface area contributed by atoms with E-state index in [0.29, 0.717) is 12.2 Å². The van der Waals surface area contributed by atoms with Crippen LogP contribution in [-0.2, 0) is 4.74 Å². The van der Waals surface area contributed by atoms with Crippen LogP contribution in [0.15, 0.2) is 72.8 Å². The van der Waals surface area contributed by atoms with Gasteiger partial charge in [0.2, 0.25) is 0 Å². The van der Waals surface area contributed by atoms with Gasteiger partial charge in [0.25, 0.3) is 0 Å². The molecule has 0 aliphatic carbocycles. The summed E-state index contributed by atoms with van der Waals surface area (Å²) >= 11 is 0. The lowest BCUT2D eigenvalue weighted by atomic mass is 9.47. The van der Waals surface area contributed by atoms with Crippen LogP contribution in [0, 0.1) is 0 Å². The van der Waals surface area contributed by atoms with Gasteiger partial charge in [-0.25, -0.2) is 4.79 Å². The molecule has 0 atom stereocenters. The second kappa shape index (κ2) is 6.48. The zero-order valence-electron chi connectivity index (χ0n) is 14.0. The average molecular weight is 327 g/mol. The lowest BCUT2D eigenvalue weighted by Crippen LogP contribution is -2.52. The van der Waals surface area contributed by atoms with Gasteiger partial charge in [0, 0.05) is 11.3 Å². The first-order valence-electron chi connectivity index (χ1n) is 8.50. The van der Waals surface area contributed by atoms with E-state index in [-0.39, 0.29) is 12.8 Å². The molecule has 4 heteroatoms. The quantitative estimate of drug-likeness (QED) is 0.594. The molecule has 1 heterocycles. The van der Waals surface area contributed by atoms with Crippen molar-refractivity contribution in [2.24, 2.45) is 0 Å². The summed E-state index contributed by atoms with van der Waals surface area (Å²) in [7, 11) is 0. The Morgan fingerprint density at radius 2 is 1.64 bits per heavy atom. The summed E-state index contributed by atoms with van der Waals surface area (Å²) in [6.45, 7) is 2.18. The van der Waals surface area contributed by atoms with Crippen LogP contribution in [0.3, 0.4) is 0 Å². The van der Waals surface area contributed by atoms with Crippen LogP contribution in [0.4, 0.5) is 5.69 Å². The number of anilines is 1. The maximum Gasteiger partial charge on any atom is 0.340 e. The number of fused-ring (bicyclic) bond motifs is 3. The molecule has 0 radical (unpaired) electrons. The number of ether oxygens (including phenoxy) is 1. The van der Waals surface area contributed by atoms with E-state index < -0.39 is 0 Å². The number of hydrogen-bond donors (Lipinski definition) is 1. The smallest absolute Gasteiger partial charge is 0.340 e. The van der Waals surface area contributed by atoms with E-state index in [0.717, 1.165) is 16.8 Å². The fourth-order valence-electron chi connectivity index (χ4n) is 3.44. The van der Waals surface area contributed by atoms with Crippen LogP contribution in [-0.4, -0.2) is 19.4 Å². The average Bonchev–Trinajstić information content (AvgIpc) is 2.67. The van der Waals surface area contributed by atoms with Crippen LogP contribution < -0.4 is 16.2 Å². The Bertz CT molecular complexity index is 924. The molecule has 0 spiro atoms. The van der Waals surface area contributed by atoms with Crippen molar-refractivity contribution in [3.63, 3.8) is 0 Å². The minimum absolute atomic E-state index is 0.000441. The summed E-state index contributed by atoms with van der Waals surface area (Å²) in [6, 6.07) is 24.4. The van der Waals surface area contributed by atoms with E-state index >= 15 is 0 Å². The molecule has 1 aliphatic heterocycles. The Hall–Kier alpha value is -3.01. The van der Waals surface area contributed by atoms with Crippen LogP contribution >= 0.6 is 0 Å². The highest BCUT2D eigenvalue weighted by Crippen LogP contribution is 2.34. The van der Waals surface area contributed by atoms with Crippen molar-refractivity contribution in [3.8, 4) is 11.1 Å². The zero-order chi connectivity index (χ0) is 17.2. The van der Waals surface area contributed by atoms with Crippen molar-refractivity contribution in [3.05, 3.63) is 78.4 Å². The van der Waals surface area contributed by atoms with Crippen LogP contribution in [0.2, 0.25) is 0 Å². The summed E-state index contributed by atoms with van der Waals surface area (Å²) < 4.78 is 5.24. The molecule has 122 valence electrons. The molecule has 3 aromatic rings. The summed E-state index contributed by atoms with van der Waals surface area (Å²) in [4.78, 5) is 12.4. The number of esters is 1. The highest BCUT2D eigenvalue weighted by atomic mass is 16.5. The number of nitrogens with one attached hydrogen (secondary N) is 1. The van der Waals surface area contributed by atoms with Crippen molar-refractivity contribution in [2.75, 3.05) is 11.8 Å². The fraction of sp³-hybridized carbons (Fsp3) is 0.0952.